The molecule has 27 heavy (non-hydrogen) atoms. The highest BCUT2D eigenvalue weighted by atomic mass is 16.2. The van der Waals surface area contributed by atoms with Gasteiger partial charge >= 0.3 is 6.03 Å². The molecule has 0 aliphatic carbocycles. The molecule has 2 heterocycles. The normalized spacial score (nSPS) is 27.8. The zero-order valence-corrected chi connectivity index (χ0v) is 16.4. The van der Waals surface area contributed by atoms with Gasteiger partial charge in [0.25, 0.3) is 0 Å². The van der Waals surface area contributed by atoms with Crippen molar-refractivity contribution in [1.82, 2.24) is 16.2 Å². The Balaban J connectivity index is 1.41. The van der Waals surface area contributed by atoms with Gasteiger partial charge in [-0.2, -0.15) is 0 Å². The van der Waals surface area contributed by atoms with Gasteiger partial charge in [0.1, 0.15) is 0 Å². The number of amides is 3. The number of nitrogens with zero attached hydrogens (tertiary/aromatic N) is 1. The first kappa shape index (κ1) is 19.6. The fourth-order valence-corrected chi connectivity index (χ4v) is 4.06. The van der Waals surface area contributed by atoms with Crippen molar-refractivity contribution in [2.24, 2.45) is 5.92 Å². The van der Waals surface area contributed by atoms with Crippen LogP contribution in [0.5, 0.6) is 0 Å². The summed E-state index contributed by atoms with van der Waals surface area (Å²) in [4.78, 5) is 25.9. The summed E-state index contributed by atoms with van der Waals surface area (Å²) in [6, 6.07) is 8.40. The lowest BCUT2D eigenvalue weighted by Crippen LogP contribution is -2.31. The number of hydrazine groups is 1. The second kappa shape index (κ2) is 8.71. The number of nitrogens with one attached hydrogen (secondary N) is 4. The third-order valence-electron chi connectivity index (χ3n) is 5.71. The van der Waals surface area contributed by atoms with Crippen molar-refractivity contribution in [2.45, 2.75) is 64.6 Å². The maximum Gasteiger partial charge on any atom is 0.319 e. The van der Waals surface area contributed by atoms with E-state index in [0.717, 1.165) is 30.6 Å². The molecule has 1 aromatic carbocycles. The van der Waals surface area contributed by atoms with Gasteiger partial charge in [0.15, 0.2) is 0 Å². The Labute approximate surface area is 161 Å². The molecule has 0 bridgehead atoms. The monoisotopic (exact) mass is 373 g/mol. The number of carbonyl (C=O) groups is 2. The van der Waals surface area contributed by atoms with Crippen LogP contribution in [0, 0.1) is 5.92 Å². The van der Waals surface area contributed by atoms with Gasteiger partial charge < -0.3 is 15.5 Å². The molecule has 4 N–H and O–H groups in total. The molecule has 3 unspecified atom stereocenters. The van der Waals surface area contributed by atoms with Crippen molar-refractivity contribution in [1.29, 1.82) is 0 Å². The zero-order valence-electron chi connectivity index (χ0n) is 16.4. The van der Waals surface area contributed by atoms with E-state index in [1.165, 1.54) is 0 Å². The van der Waals surface area contributed by atoms with Gasteiger partial charge in [-0.1, -0.05) is 0 Å². The topological polar surface area (TPSA) is 85.5 Å². The molecular weight excluding hydrogens is 342 g/mol. The van der Waals surface area contributed by atoms with E-state index in [9.17, 15) is 9.59 Å². The molecule has 3 amide bonds. The highest BCUT2D eigenvalue weighted by Gasteiger charge is 2.29. The van der Waals surface area contributed by atoms with Crippen LogP contribution in [0.25, 0.3) is 0 Å². The Hall–Kier alpha value is -2.12. The zero-order chi connectivity index (χ0) is 19.4. The van der Waals surface area contributed by atoms with Crippen LogP contribution < -0.4 is 26.4 Å². The quantitative estimate of drug-likeness (QED) is 0.578. The van der Waals surface area contributed by atoms with E-state index in [2.05, 4.69) is 42.3 Å². The Morgan fingerprint density at radius 2 is 1.81 bits per heavy atom. The van der Waals surface area contributed by atoms with Crippen molar-refractivity contribution in [3.63, 3.8) is 0 Å². The minimum Gasteiger partial charge on any atom is -0.338 e. The predicted octanol–water partition coefficient (Wildman–Crippen LogP) is 2.60. The molecule has 2 fully saturated rings. The molecular formula is C20H31N5O2. The van der Waals surface area contributed by atoms with Crippen LogP contribution in [0.1, 0.15) is 46.5 Å². The summed E-state index contributed by atoms with van der Waals surface area (Å²) in [5, 5.41) is 5.76. The van der Waals surface area contributed by atoms with Crippen LogP contribution in [0.4, 0.5) is 16.2 Å². The van der Waals surface area contributed by atoms with Crippen LogP contribution >= 0.6 is 0 Å². The Morgan fingerprint density at radius 1 is 1.15 bits per heavy atom. The molecule has 7 nitrogen and oxygen atoms in total. The van der Waals surface area contributed by atoms with E-state index in [4.69, 9.17) is 0 Å². The lowest BCUT2D eigenvalue weighted by molar-refractivity contribution is -0.117. The minimum atomic E-state index is -0.197. The molecule has 0 aromatic heterocycles. The maximum absolute atomic E-state index is 12.1. The maximum atomic E-state index is 12.1. The molecule has 2 aliphatic heterocycles. The summed E-state index contributed by atoms with van der Waals surface area (Å²) in [5.74, 6) is 0.746. The summed E-state index contributed by atoms with van der Waals surface area (Å²) >= 11 is 0. The third kappa shape index (κ3) is 4.78. The fraction of sp³-hybridized carbons (Fsp3) is 0.600. The second-order valence-corrected chi connectivity index (χ2v) is 7.75. The molecule has 2 aliphatic rings. The number of rotatable bonds is 6. The molecule has 1 aromatic rings. The largest absolute Gasteiger partial charge is 0.338 e. The molecule has 0 saturated carbocycles. The first-order valence-electron chi connectivity index (χ1n) is 9.93. The number of hydrogen-bond acceptors (Lipinski definition) is 4. The summed E-state index contributed by atoms with van der Waals surface area (Å²) in [7, 11) is 0. The summed E-state index contributed by atoms with van der Waals surface area (Å²) in [6.45, 7) is 7.08. The lowest BCUT2D eigenvalue weighted by Gasteiger charge is -2.22. The van der Waals surface area contributed by atoms with E-state index in [1.807, 2.05) is 29.2 Å². The SMILES string of the molecule is CC1NNC(C)C1CCCNC(=O)Nc1ccc(N2C(=O)CCC2C)cc1. The average molecular weight is 374 g/mol. The standard InChI is InChI=1S/C20H31N5O2/c1-13-6-11-19(26)25(13)17-9-7-16(8-10-17)22-20(27)21-12-4-5-18-14(2)23-24-15(18)3/h7-10,13-15,18,23-24H,4-6,11-12H2,1-3H3,(H2,21,22,27). The summed E-state index contributed by atoms with van der Waals surface area (Å²) in [6.07, 6.45) is 3.52. The highest BCUT2D eigenvalue weighted by molar-refractivity contribution is 5.96. The van der Waals surface area contributed by atoms with Crippen molar-refractivity contribution < 1.29 is 9.59 Å². The highest BCUT2D eigenvalue weighted by Crippen LogP contribution is 2.27. The molecule has 2 saturated heterocycles. The Bertz CT molecular complexity index is 653. The second-order valence-electron chi connectivity index (χ2n) is 7.75. The van der Waals surface area contributed by atoms with Crippen LogP contribution in [0.3, 0.4) is 0 Å². The third-order valence-corrected chi connectivity index (χ3v) is 5.71. The molecule has 3 rings (SSSR count). The molecule has 0 radical (unpaired) electrons. The van der Waals surface area contributed by atoms with Crippen molar-refractivity contribution in [3.05, 3.63) is 24.3 Å². The van der Waals surface area contributed by atoms with Crippen LogP contribution in [0.2, 0.25) is 0 Å². The number of anilines is 2. The first-order valence-corrected chi connectivity index (χ1v) is 9.93. The fourth-order valence-electron chi connectivity index (χ4n) is 4.06. The van der Waals surface area contributed by atoms with E-state index in [-0.39, 0.29) is 18.0 Å². The van der Waals surface area contributed by atoms with Crippen molar-refractivity contribution >= 4 is 23.3 Å². The van der Waals surface area contributed by atoms with Gasteiger partial charge in [0, 0.05) is 42.5 Å². The molecule has 7 heteroatoms. The van der Waals surface area contributed by atoms with E-state index < -0.39 is 0 Å². The Kier molecular flexibility index (Phi) is 6.34. The van der Waals surface area contributed by atoms with Gasteiger partial charge in [0.2, 0.25) is 5.91 Å². The number of hydrogen-bond donors (Lipinski definition) is 4. The molecule has 0 spiro atoms. The summed E-state index contributed by atoms with van der Waals surface area (Å²) < 4.78 is 0. The summed E-state index contributed by atoms with van der Waals surface area (Å²) in [5.41, 5.74) is 8.13. The van der Waals surface area contributed by atoms with Gasteiger partial charge in [-0.3, -0.25) is 15.6 Å². The molecule has 148 valence electrons. The first-order chi connectivity index (χ1) is 13.0. The average Bonchev–Trinajstić information content (AvgIpc) is 3.14. The van der Waals surface area contributed by atoms with E-state index in [0.29, 0.717) is 31.0 Å². The Morgan fingerprint density at radius 3 is 2.41 bits per heavy atom. The van der Waals surface area contributed by atoms with Gasteiger partial charge in [-0.25, -0.2) is 4.79 Å². The van der Waals surface area contributed by atoms with E-state index in [1.54, 1.807) is 0 Å². The van der Waals surface area contributed by atoms with Crippen LogP contribution in [0.15, 0.2) is 24.3 Å². The van der Waals surface area contributed by atoms with E-state index >= 15 is 0 Å². The number of carbonyl (C=O) groups excluding carboxylic acids is 2. The number of benzene rings is 1. The van der Waals surface area contributed by atoms with Crippen molar-refractivity contribution in [3.8, 4) is 0 Å². The number of urea groups is 1. The minimum absolute atomic E-state index is 0.164. The van der Waals surface area contributed by atoms with Crippen LogP contribution in [-0.2, 0) is 4.79 Å². The smallest absolute Gasteiger partial charge is 0.319 e. The predicted molar refractivity (Wildman–Crippen MR) is 108 cm³/mol. The van der Waals surface area contributed by atoms with Crippen molar-refractivity contribution in [2.75, 3.05) is 16.8 Å². The van der Waals surface area contributed by atoms with Gasteiger partial charge in [-0.15, -0.1) is 0 Å². The van der Waals surface area contributed by atoms with Crippen LogP contribution in [-0.4, -0.2) is 36.6 Å². The lowest BCUT2D eigenvalue weighted by atomic mass is 9.92. The van der Waals surface area contributed by atoms with Gasteiger partial charge in [0.05, 0.1) is 0 Å². The molecule has 3 atom stereocenters. The van der Waals surface area contributed by atoms with Gasteiger partial charge in [-0.05, 0) is 70.2 Å².